The smallest absolute Gasteiger partial charge is 0.266 e. The standard InChI is InChI=1S/C10H13ClN2O5S2/c11-9-5-8(6-12-10(9)14)20(17,18)13-7-1-3-19(15,16)4-2-7/h5-7,13H,1-4H2,(H,12,14). The van der Waals surface area contributed by atoms with Gasteiger partial charge in [-0.3, -0.25) is 4.79 Å². The molecule has 0 aliphatic carbocycles. The lowest BCUT2D eigenvalue weighted by Crippen LogP contribution is -2.40. The Kier molecular flexibility index (Phi) is 4.24. The van der Waals surface area contributed by atoms with Gasteiger partial charge in [-0.15, -0.1) is 0 Å². The summed E-state index contributed by atoms with van der Waals surface area (Å²) in [5.41, 5.74) is -0.575. The molecule has 2 N–H and O–H groups in total. The highest BCUT2D eigenvalue weighted by Crippen LogP contribution is 2.16. The molecule has 0 bridgehead atoms. The Morgan fingerprint density at radius 2 is 1.90 bits per heavy atom. The van der Waals surface area contributed by atoms with E-state index in [2.05, 4.69) is 9.71 Å². The molecule has 1 saturated heterocycles. The Bertz CT molecular complexity index is 755. The topological polar surface area (TPSA) is 113 Å². The van der Waals surface area contributed by atoms with E-state index in [1.807, 2.05) is 0 Å². The molecule has 0 saturated carbocycles. The molecule has 112 valence electrons. The molecule has 0 atom stereocenters. The van der Waals surface area contributed by atoms with Crippen LogP contribution in [0.3, 0.4) is 0 Å². The molecule has 1 aromatic rings. The zero-order valence-corrected chi connectivity index (χ0v) is 12.7. The summed E-state index contributed by atoms with van der Waals surface area (Å²) in [4.78, 5) is 13.2. The second kappa shape index (κ2) is 5.47. The predicted molar refractivity (Wildman–Crippen MR) is 74.1 cm³/mol. The van der Waals surface area contributed by atoms with E-state index in [1.54, 1.807) is 0 Å². The number of sulfone groups is 1. The maximum atomic E-state index is 12.1. The lowest BCUT2D eigenvalue weighted by atomic mass is 10.2. The molecular weight excluding hydrogens is 328 g/mol. The maximum Gasteiger partial charge on any atom is 0.266 e. The minimum atomic E-state index is -3.84. The molecule has 0 unspecified atom stereocenters. The lowest BCUT2D eigenvalue weighted by Gasteiger charge is -2.22. The first kappa shape index (κ1) is 15.5. The summed E-state index contributed by atoms with van der Waals surface area (Å²) in [7, 11) is -6.89. The Morgan fingerprint density at radius 3 is 2.45 bits per heavy atom. The Balaban J connectivity index is 2.15. The second-order valence-corrected chi connectivity index (χ2v) is 8.98. The lowest BCUT2D eigenvalue weighted by molar-refractivity contribution is 0.505. The van der Waals surface area contributed by atoms with Gasteiger partial charge >= 0.3 is 0 Å². The highest BCUT2D eigenvalue weighted by molar-refractivity contribution is 7.91. The van der Waals surface area contributed by atoms with Crippen molar-refractivity contribution < 1.29 is 16.8 Å². The number of sulfonamides is 1. The Hall–Kier alpha value is -0.900. The number of nitrogens with one attached hydrogen (secondary N) is 2. The summed E-state index contributed by atoms with van der Waals surface area (Å²) in [5, 5.41) is -0.223. The fourth-order valence-corrected chi connectivity index (χ4v) is 4.91. The first-order valence-electron chi connectivity index (χ1n) is 5.81. The molecule has 20 heavy (non-hydrogen) atoms. The van der Waals surface area contributed by atoms with Crippen LogP contribution in [0.4, 0.5) is 0 Å². The van der Waals surface area contributed by atoms with Crippen molar-refractivity contribution in [2.75, 3.05) is 11.5 Å². The summed E-state index contributed by atoms with van der Waals surface area (Å²) >= 11 is 5.58. The van der Waals surface area contributed by atoms with Crippen LogP contribution in [0.25, 0.3) is 0 Å². The third-order valence-corrected chi connectivity index (χ3v) is 6.51. The number of halogens is 1. The van der Waals surface area contributed by atoms with Gasteiger partial charge < -0.3 is 4.98 Å². The molecule has 1 fully saturated rings. The van der Waals surface area contributed by atoms with Gasteiger partial charge in [0.05, 0.1) is 16.4 Å². The normalized spacial score (nSPS) is 19.9. The minimum absolute atomic E-state index is 0.0352. The number of hydrogen-bond donors (Lipinski definition) is 2. The summed E-state index contributed by atoms with van der Waals surface area (Å²) in [6, 6.07) is 0.622. The summed E-state index contributed by atoms with van der Waals surface area (Å²) in [6.07, 6.45) is 1.52. The van der Waals surface area contributed by atoms with Crippen molar-refractivity contribution in [3.05, 3.63) is 27.6 Å². The van der Waals surface area contributed by atoms with E-state index < -0.39 is 31.5 Å². The van der Waals surface area contributed by atoms with Gasteiger partial charge in [0, 0.05) is 12.2 Å². The summed E-state index contributed by atoms with van der Waals surface area (Å²) in [5.74, 6) is -0.0703. The number of aromatic amines is 1. The predicted octanol–water partition coefficient (Wildman–Crippen LogP) is -0.116. The van der Waals surface area contributed by atoms with Gasteiger partial charge in [0.15, 0.2) is 0 Å². The number of pyridine rings is 1. The monoisotopic (exact) mass is 340 g/mol. The molecule has 1 aliphatic heterocycles. The van der Waals surface area contributed by atoms with E-state index in [4.69, 9.17) is 11.6 Å². The van der Waals surface area contributed by atoms with Crippen molar-refractivity contribution in [3.63, 3.8) is 0 Å². The van der Waals surface area contributed by atoms with Gasteiger partial charge in [-0.1, -0.05) is 11.6 Å². The SMILES string of the molecule is O=c1[nH]cc(S(=O)(=O)NC2CCS(=O)(=O)CC2)cc1Cl. The van der Waals surface area contributed by atoms with Crippen LogP contribution in [0.5, 0.6) is 0 Å². The van der Waals surface area contributed by atoms with Crippen LogP contribution in [-0.4, -0.2) is 39.4 Å². The van der Waals surface area contributed by atoms with Gasteiger partial charge in [0.25, 0.3) is 5.56 Å². The van der Waals surface area contributed by atoms with Crippen LogP contribution in [0.1, 0.15) is 12.8 Å². The first-order chi connectivity index (χ1) is 9.20. The fourth-order valence-electron chi connectivity index (χ4n) is 1.89. The maximum absolute atomic E-state index is 12.1. The number of H-pyrrole nitrogens is 1. The van der Waals surface area contributed by atoms with Crippen LogP contribution < -0.4 is 10.3 Å². The van der Waals surface area contributed by atoms with Gasteiger partial charge in [0.2, 0.25) is 10.0 Å². The molecule has 7 nitrogen and oxygen atoms in total. The minimum Gasteiger partial charge on any atom is -0.326 e. The van der Waals surface area contributed by atoms with E-state index in [1.165, 1.54) is 0 Å². The molecular formula is C10H13ClN2O5S2. The van der Waals surface area contributed by atoms with Crippen molar-refractivity contribution in [1.82, 2.24) is 9.71 Å². The number of rotatable bonds is 3. The van der Waals surface area contributed by atoms with Gasteiger partial charge in [-0.25, -0.2) is 21.6 Å². The van der Waals surface area contributed by atoms with Crippen LogP contribution in [0.2, 0.25) is 5.02 Å². The van der Waals surface area contributed by atoms with Crippen molar-refractivity contribution in [1.29, 1.82) is 0 Å². The van der Waals surface area contributed by atoms with Crippen molar-refractivity contribution >= 4 is 31.5 Å². The zero-order valence-electron chi connectivity index (χ0n) is 10.3. The molecule has 2 heterocycles. The van der Waals surface area contributed by atoms with Crippen molar-refractivity contribution in [2.24, 2.45) is 0 Å². The second-order valence-electron chi connectivity index (χ2n) is 4.56. The van der Waals surface area contributed by atoms with Crippen molar-refractivity contribution in [3.8, 4) is 0 Å². The molecule has 2 rings (SSSR count). The van der Waals surface area contributed by atoms with Crippen LogP contribution in [-0.2, 0) is 19.9 Å². The quantitative estimate of drug-likeness (QED) is 0.796. The summed E-state index contributed by atoms with van der Waals surface area (Å²) < 4.78 is 49.1. The van der Waals surface area contributed by atoms with Crippen molar-refractivity contribution in [2.45, 2.75) is 23.8 Å². The van der Waals surface area contributed by atoms with Crippen LogP contribution in [0.15, 0.2) is 22.0 Å². The number of aromatic nitrogens is 1. The summed E-state index contributed by atoms with van der Waals surface area (Å²) in [6.45, 7) is 0. The highest BCUT2D eigenvalue weighted by Gasteiger charge is 2.27. The molecule has 1 aliphatic rings. The molecule has 0 amide bonds. The molecule has 0 spiro atoms. The van der Waals surface area contributed by atoms with E-state index in [-0.39, 0.29) is 34.3 Å². The first-order valence-corrected chi connectivity index (χ1v) is 9.49. The van der Waals surface area contributed by atoms with E-state index in [9.17, 15) is 21.6 Å². The van der Waals surface area contributed by atoms with E-state index >= 15 is 0 Å². The average Bonchev–Trinajstić information content (AvgIpc) is 2.35. The molecule has 1 aromatic heterocycles. The Morgan fingerprint density at radius 1 is 1.30 bits per heavy atom. The molecule has 0 aromatic carbocycles. The largest absolute Gasteiger partial charge is 0.326 e. The zero-order chi connectivity index (χ0) is 15.0. The average molecular weight is 341 g/mol. The highest BCUT2D eigenvalue weighted by atomic mass is 35.5. The van der Waals surface area contributed by atoms with Crippen LogP contribution >= 0.6 is 11.6 Å². The molecule has 0 radical (unpaired) electrons. The van der Waals surface area contributed by atoms with Crippen LogP contribution in [0, 0.1) is 0 Å². The van der Waals surface area contributed by atoms with Gasteiger partial charge in [-0.2, -0.15) is 0 Å². The van der Waals surface area contributed by atoms with Gasteiger partial charge in [0.1, 0.15) is 14.9 Å². The molecule has 10 heteroatoms. The third kappa shape index (κ3) is 3.60. The van der Waals surface area contributed by atoms with E-state index in [0.29, 0.717) is 0 Å². The number of hydrogen-bond acceptors (Lipinski definition) is 5. The van der Waals surface area contributed by atoms with Gasteiger partial charge in [-0.05, 0) is 18.9 Å². The van der Waals surface area contributed by atoms with E-state index in [0.717, 1.165) is 12.3 Å². The fraction of sp³-hybridized carbons (Fsp3) is 0.500. The Labute approximate surface area is 121 Å². The third-order valence-electron chi connectivity index (χ3n) is 3.02.